The molecule has 1 aliphatic heterocycles. The van der Waals surface area contributed by atoms with Gasteiger partial charge in [0.1, 0.15) is 5.65 Å². The molecule has 0 radical (unpaired) electrons. The number of pyridine rings is 1. The maximum atomic E-state index is 13.1. The number of nitrogens with two attached hydrogens (primary N) is 1. The average molecular weight is 474 g/mol. The number of anilines is 1. The van der Waals surface area contributed by atoms with E-state index in [0.717, 1.165) is 40.8 Å². The second kappa shape index (κ2) is 9.49. The van der Waals surface area contributed by atoms with Crippen LogP contribution >= 0.6 is 11.6 Å². The Hall–Kier alpha value is -3.35. The van der Waals surface area contributed by atoms with Gasteiger partial charge in [0, 0.05) is 54.5 Å². The van der Waals surface area contributed by atoms with Gasteiger partial charge in [0.15, 0.2) is 0 Å². The highest BCUT2D eigenvalue weighted by molar-refractivity contribution is 6.30. The van der Waals surface area contributed by atoms with Crippen LogP contribution in [0, 0.1) is 6.92 Å². The Morgan fingerprint density at radius 2 is 1.79 bits per heavy atom. The van der Waals surface area contributed by atoms with Crippen molar-refractivity contribution in [2.45, 2.75) is 19.4 Å². The summed E-state index contributed by atoms with van der Waals surface area (Å²) in [6.45, 7) is 4.85. The SMILES string of the molecule is Cc1c[nH]c2ncc(-c3ccccc3)c(N3CCN(C(=O)[C@H](N)Cc4ccc(Cl)cc4)CC3)c12. The lowest BCUT2D eigenvalue weighted by Gasteiger charge is -2.38. The first-order valence-electron chi connectivity index (χ1n) is 11.6. The summed E-state index contributed by atoms with van der Waals surface area (Å²) in [4.78, 5) is 25.3. The number of aryl methyl sites for hydroxylation is 1. The summed E-state index contributed by atoms with van der Waals surface area (Å²) < 4.78 is 0. The fourth-order valence-electron chi connectivity index (χ4n) is 4.74. The number of carbonyl (C=O) groups excluding carboxylic acids is 1. The van der Waals surface area contributed by atoms with E-state index in [9.17, 15) is 4.79 Å². The van der Waals surface area contributed by atoms with Gasteiger partial charge in [0.2, 0.25) is 5.91 Å². The number of fused-ring (bicyclic) bond motifs is 1. The molecule has 2 aromatic carbocycles. The predicted octanol–water partition coefficient (Wildman–Crippen LogP) is 4.41. The van der Waals surface area contributed by atoms with E-state index in [1.54, 1.807) is 0 Å². The minimum atomic E-state index is -0.563. The number of amides is 1. The summed E-state index contributed by atoms with van der Waals surface area (Å²) in [6, 6.07) is 17.3. The van der Waals surface area contributed by atoms with Gasteiger partial charge < -0.3 is 20.5 Å². The van der Waals surface area contributed by atoms with Crippen LogP contribution in [-0.4, -0.2) is 53.0 Å². The molecule has 0 spiro atoms. The molecule has 5 rings (SSSR count). The van der Waals surface area contributed by atoms with Gasteiger partial charge in [-0.1, -0.05) is 54.1 Å². The van der Waals surface area contributed by atoms with E-state index < -0.39 is 6.04 Å². The van der Waals surface area contributed by atoms with E-state index in [-0.39, 0.29) is 5.91 Å². The lowest BCUT2D eigenvalue weighted by molar-refractivity contribution is -0.132. The molecule has 0 bridgehead atoms. The van der Waals surface area contributed by atoms with Gasteiger partial charge in [-0.15, -0.1) is 0 Å². The summed E-state index contributed by atoms with van der Waals surface area (Å²) in [7, 11) is 0. The first-order chi connectivity index (χ1) is 16.5. The second-order valence-electron chi connectivity index (χ2n) is 8.83. The fourth-order valence-corrected chi connectivity index (χ4v) is 4.86. The van der Waals surface area contributed by atoms with Crippen molar-refractivity contribution in [1.82, 2.24) is 14.9 Å². The Kier molecular flexibility index (Phi) is 6.26. The van der Waals surface area contributed by atoms with Crippen molar-refractivity contribution in [2.24, 2.45) is 5.73 Å². The van der Waals surface area contributed by atoms with E-state index in [2.05, 4.69) is 33.9 Å². The Morgan fingerprint density at radius 3 is 2.50 bits per heavy atom. The highest BCUT2D eigenvalue weighted by Gasteiger charge is 2.28. The molecular weight excluding hydrogens is 446 g/mol. The van der Waals surface area contributed by atoms with Crippen molar-refractivity contribution in [3.8, 4) is 11.1 Å². The van der Waals surface area contributed by atoms with Crippen LogP contribution in [0.25, 0.3) is 22.2 Å². The van der Waals surface area contributed by atoms with Gasteiger partial charge in [-0.3, -0.25) is 4.79 Å². The van der Waals surface area contributed by atoms with Crippen LogP contribution in [0.2, 0.25) is 5.02 Å². The van der Waals surface area contributed by atoms with Crippen LogP contribution < -0.4 is 10.6 Å². The topological polar surface area (TPSA) is 78.2 Å². The van der Waals surface area contributed by atoms with E-state index in [1.165, 1.54) is 11.3 Å². The van der Waals surface area contributed by atoms with E-state index in [1.807, 2.05) is 59.8 Å². The third-order valence-corrected chi connectivity index (χ3v) is 6.80. The Balaban J connectivity index is 1.35. The van der Waals surface area contributed by atoms with Crippen LogP contribution in [0.15, 0.2) is 67.0 Å². The molecule has 3 heterocycles. The van der Waals surface area contributed by atoms with Crippen molar-refractivity contribution in [3.05, 3.63) is 83.1 Å². The number of nitrogens with zero attached hydrogens (tertiary/aromatic N) is 3. The van der Waals surface area contributed by atoms with Gasteiger partial charge in [-0.25, -0.2) is 4.98 Å². The smallest absolute Gasteiger partial charge is 0.239 e. The molecule has 2 aromatic heterocycles. The summed E-state index contributed by atoms with van der Waals surface area (Å²) in [6.07, 6.45) is 4.45. The van der Waals surface area contributed by atoms with Crippen LogP contribution in [0.3, 0.4) is 0 Å². The van der Waals surface area contributed by atoms with Crippen LogP contribution in [0.4, 0.5) is 5.69 Å². The molecule has 1 fully saturated rings. The van der Waals surface area contributed by atoms with Crippen LogP contribution in [0.1, 0.15) is 11.1 Å². The number of nitrogens with one attached hydrogen (secondary N) is 1. The minimum Gasteiger partial charge on any atom is -0.367 e. The number of carbonyl (C=O) groups is 1. The molecular formula is C27H28ClN5O. The molecule has 7 heteroatoms. The van der Waals surface area contributed by atoms with Crippen molar-refractivity contribution in [1.29, 1.82) is 0 Å². The fraction of sp³-hybridized carbons (Fsp3) is 0.259. The number of piperazine rings is 1. The van der Waals surface area contributed by atoms with Gasteiger partial charge in [0.25, 0.3) is 0 Å². The Bertz CT molecular complexity index is 1290. The highest BCUT2D eigenvalue weighted by atomic mass is 35.5. The first kappa shape index (κ1) is 22.4. The maximum Gasteiger partial charge on any atom is 0.239 e. The summed E-state index contributed by atoms with van der Waals surface area (Å²) >= 11 is 5.97. The number of rotatable bonds is 5. The molecule has 0 aliphatic carbocycles. The quantitative estimate of drug-likeness (QED) is 0.450. The third kappa shape index (κ3) is 4.39. The summed E-state index contributed by atoms with van der Waals surface area (Å²) in [5.41, 5.74) is 12.8. The zero-order valence-corrected chi connectivity index (χ0v) is 19.9. The minimum absolute atomic E-state index is 0.00409. The number of halogens is 1. The van der Waals surface area contributed by atoms with E-state index in [4.69, 9.17) is 17.3 Å². The highest BCUT2D eigenvalue weighted by Crippen LogP contribution is 2.38. The monoisotopic (exact) mass is 473 g/mol. The van der Waals surface area contributed by atoms with E-state index >= 15 is 0 Å². The molecule has 1 aliphatic rings. The second-order valence-corrected chi connectivity index (χ2v) is 9.27. The molecule has 1 saturated heterocycles. The molecule has 4 aromatic rings. The Labute approximate surface area is 204 Å². The summed E-state index contributed by atoms with van der Waals surface area (Å²) in [5.74, 6) is -0.00409. The zero-order valence-electron chi connectivity index (χ0n) is 19.2. The number of aromatic nitrogens is 2. The van der Waals surface area contributed by atoms with Crippen molar-refractivity contribution in [2.75, 3.05) is 31.1 Å². The van der Waals surface area contributed by atoms with Gasteiger partial charge in [-0.2, -0.15) is 0 Å². The Morgan fingerprint density at radius 1 is 1.09 bits per heavy atom. The third-order valence-electron chi connectivity index (χ3n) is 6.55. The predicted molar refractivity (Wildman–Crippen MR) is 138 cm³/mol. The molecule has 0 saturated carbocycles. The van der Waals surface area contributed by atoms with Gasteiger partial charge in [0.05, 0.1) is 11.7 Å². The largest absolute Gasteiger partial charge is 0.367 e. The number of hydrogen-bond donors (Lipinski definition) is 2. The molecule has 174 valence electrons. The van der Waals surface area contributed by atoms with Gasteiger partial charge >= 0.3 is 0 Å². The molecule has 0 unspecified atom stereocenters. The van der Waals surface area contributed by atoms with Gasteiger partial charge in [-0.05, 0) is 42.2 Å². The zero-order chi connectivity index (χ0) is 23.7. The van der Waals surface area contributed by atoms with Crippen molar-refractivity contribution in [3.63, 3.8) is 0 Å². The standard InChI is InChI=1S/C27H28ClN5O/c1-18-16-30-26-24(18)25(22(17-31-26)20-5-3-2-4-6-20)32-11-13-33(14-12-32)27(34)23(29)15-19-7-9-21(28)10-8-19/h2-10,16-17,23H,11-15,29H2,1H3,(H,30,31)/t23-/m1/s1. The molecule has 34 heavy (non-hydrogen) atoms. The average Bonchev–Trinajstić information content (AvgIpc) is 3.26. The van der Waals surface area contributed by atoms with Crippen molar-refractivity contribution >= 4 is 34.2 Å². The number of aromatic amines is 1. The summed E-state index contributed by atoms with van der Waals surface area (Å²) in [5, 5.41) is 1.82. The number of H-pyrrole nitrogens is 1. The van der Waals surface area contributed by atoms with Crippen molar-refractivity contribution < 1.29 is 4.79 Å². The lowest BCUT2D eigenvalue weighted by atomic mass is 10.0. The van der Waals surface area contributed by atoms with Crippen LogP contribution in [0.5, 0.6) is 0 Å². The first-order valence-corrected chi connectivity index (χ1v) is 11.9. The molecule has 1 amide bonds. The maximum absolute atomic E-state index is 13.1. The molecule has 6 nitrogen and oxygen atoms in total. The van der Waals surface area contributed by atoms with E-state index in [0.29, 0.717) is 24.5 Å². The molecule has 1 atom stereocenters. The lowest BCUT2D eigenvalue weighted by Crippen LogP contribution is -2.53. The molecule has 3 N–H and O–H groups in total. The number of hydrogen-bond acceptors (Lipinski definition) is 4. The normalized spacial score (nSPS) is 15.0. The van der Waals surface area contributed by atoms with Crippen LogP contribution in [-0.2, 0) is 11.2 Å². The number of benzene rings is 2.